The van der Waals surface area contributed by atoms with Crippen LogP contribution in [0.25, 0.3) is 0 Å². The van der Waals surface area contributed by atoms with Crippen LogP contribution in [-0.2, 0) is 0 Å². The summed E-state index contributed by atoms with van der Waals surface area (Å²) in [6.45, 7) is 4.45. The largest absolute Gasteiger partial charge is 0.412 e. The van der Waals surface area contributed by atoms with Gasteiger partial charge < -0.3 is 15.0 Å². The molecule has 1 rings (SSSR count). The van der Waals surface area contributed by atoms with Gasteiger partial charge in [-0.3, -0.25) is 0 Å². The highest BCUT2D eigenvalue weighted by molar-refractivity contribution is 5.70. The lowest BCUT2D eigenvalue weighted by molar-refractivity contribution is 0.198. The molecule has 88 valence electrons. The molecule has 0 unspecified atom stereocenters. The first kappa shape index (κ1) is 12.5. The van der Waals surface area contributed by atoms with Crippen molar-refractivity contribution in [2.75, 3.05) is 26.7 Å². The summed E-state index contributed by atoms with van der Waals surface area (Å²) in [6.07, 6.45) is -0.407. The summed E-state index contributed by atoms with van der Waals surface area (Å²) in [4.78, 5) is 13.4. The van der Waals surface area contributed by atoms with E-state index in [1.54, 1.807) is 12.1 Å². The zero-order valence-electron chi connectivity index (χ0n) is 9.77. The number of benzene rings is 1. The van der Waals surface area contributed by atoms with Gasteiger partial charge >= 0.3 is 6.09 Å². The lowest BCUT2D eigenvalue weighted by Gasteiger charge is -2.13. The van der Waals surface area contributed by atoms with Gasteiger partial charge in [0.2, 0.25) is 0 Å². The molecule has 0 saturated carbocycles. The SMILES string of the molecule is CCN(C)CCNC(=O)Oc1ccccc1. The van der Waals surface area contributed by atoms with Crippen LogP contribution in [0, 0.1) is 0 Å². The molecule has 0 aliphatic carbocycles. The maximum atomic E-state index is 11.3. The molecule has 1 aromatic rings. The maximum Gasteiger partial charge on any atom is 0.412 e. The Labute approximate surface area is 96.2 Å². The van der Waals surface area contributed by atoms with Crippen LogP contribution in [0.2, 0.25) is 0 Å². The van der Waals surface area contributed by atoms with Crippen molar-refractivity contribution in [2.24, 2.45) is 0 Å². The second-order valence-electron chi connectivity index (χ2n) is 3.53. The van der Waals surface area contributed by atoms with Crippen LogP contribution in [0.1, 0.15) is 6.92 Å². The van der Waals surface area contributed by atoms with Gasteiger partial charge in [-0.25, -0.2) is 4.79 Å². The predicted molar refractivity (Wildman–Crippen MR) is 63.6 cm³/mol. The number of nitrogens with zero attached hydrogens (tertiary/aromatic N) is 1. The van der Waals surface area contributed by atoms with Gasteiger partial charge in [0.05, 0.1) is 0 Å². The fourth-order valence-electron chi connectivity index (χ4n) is 1.14. The first-order valence-corrected chi connectivity index (χ1v) is 5.41. The fourth-order valence-corrected chi connectivity index (χ4v) is 1.14. The summed E-state index contributed by atoms with van der Waals surface area (Å²) in [5, 5.41) is 2.69. The van der Waals surface area contributed by atoms with Crippen LogP contribution < -0.4 is 10.1 Å². The van der Waals surface area contributed by atoms with E-state index in [0.717, 1.165) is 13.1 Å². The number of rotatable bonds is 5. The predicted octanol–water partition coefficient (Wildman–Crippen LogP) is 1.73. The van der Waals surface area contributed by atoms with Crippen LogP contribution in [0.3, 0.4) is 0 Å². The Morgan fingerprint density at radius 1 is 1.38 bits per heavy atom. The van der Waals surface area contributed by atoms with Crippen molar-refractivity contribution in [1.82, 2.24) is 10.2 Å². The molecule has 0 aromatic heterocycles. The van der Waals surface area contributed by atoms with E-state index in [1.807, 2.05) is 25.2 Å². The van der Waals surface area contributed by atoms with E-state index in [9.17, 15) is 4.79 Å². The number of hydrogen-bond donors (Lipinski definition) is 1. The summed E-state index contributed by atoms with van der Waals surface area (Å²) in [6, 6.07) is 9.03. The molecule has 4 nitrogen and oxygen atoms in total. The van der Waals surface area contributed by atoms with E-state index < -0.39 is 6.09 Å². The number of likely N-dealkylation sites (N-methyl/N-ethyl adjacent to an activating group) is 1. The second-order valence-corrected chi connectivity index (χ2v) is 3.53. The Morgan fingerprint density at radius 2 is 2.06 bits per heavy atom. The van der Waals surface area contributed by atoms with Gasteiger partial charge in [0, 0.05) is 13.1 Å². The van der Waals surface area contributed by atoms with Crippen molar-refractivity contribution in [2.45, 2.75) is 6.92 Å². The van der Waals surface area contributed by atoms with Crippen molar-refractivity contribution >= 4 is 6.09 Å². The van der Waals surface area contributed by atoms with Crippen LogP contribution in [0.15, 0.2) is 30.3 Å². The van der Waals surface area contributed by atoms with E-state index in [0.29, 0.717) is 12.3 Å². The minimum Gasteiger partial charge on any atom is -0.410 e. The molecule has 1 aromatic carbocycles. The zero-order valence-corrected chi connectivity index (χ0v) is 9.77. The van der Waals surface area contributed by atoms with Gasteiger partial charge in [-0.1, -0.05) is 25.1 Å². The van der Waals surface area contributed by atoms with Gasteiger partial charge in [-0.15, -0.1) is 0 Å². The summed E-state index contributed by atoms with van der Waals surface area (Å²) in [5.74, 6) is 0.559. The highest BCUT2D eigenvalue weighted by Crippen LogP contribution is 2.07. The standard InChI is InChI=1S/C12H18N2O2/c1-3-14(2)10-9-13-12(15)16-11-7-5-4-6-8-11/h4-8H,3,9-10H2,1-2H3,(H,13,15). The highest BCUT2D eigenvalue weighted by atomic mass is 16.5. The normalized spacial score (nSPS) is 10.2. The van der Waals surface area contributed by atoms with Crippen LogP contribution >= 0.6 is 0 Å². The maximum absolute atomic E-state index is 11.3. The van der Waals surface area contributed by atoms with Crippen molar-refractivity contribution < 1.29 is 9.53 Å². The van der Waals surface area contributed by atoms with Crippen LogP contribution in [0.5, 0.6) is 5.75 Å². The first-order valence-electron chi connectivity index (χ1n) is 5.41. The number of nitrogens with one attached hydrogen (secondary N) is 1. The molecule has 1 N–H and O–H groups in total. The molecule has 0 atom stereocenters. The third-order valence-corrected chi connectivity index (χ3v) is 2.26. The molecule has 1 amide bonds. The van der Waals surface area contributed by atoms with Gasteiger partial charge in [-0.05, 0) is 25.7 Å². The Balaban J connectivity index is 2.21. The van der Waals surface area contributed by atoms with Gasteiger partial charge in [0.1, 0.15) is 5.75 Å². The van der Waals surface area contributed by atoms with Crippen molar-refractivity contribution in [3.05, 3.63) is 30.3 Å². The molecule has 4 heteroatoms. The Hall–Kier alpha value is -1.55. The molecular formula is C12H18N2O2. The van der Waals surface area contributed by atoms with E-state index in [-0.39, 0.29) is 0 Å². The van der Waals surface area contributed by atoms with Gasteiger partial charge in [0.25, 0.3) is 0 Å². The highest BCUT2D eigenvalue weighted by Gasteiger charge is 2.03. The Morgan fingerprint density at radius 3 is 2.69 bits per heavy atom. The lowest BCUT2D eigenvalue weighted by Crippen LogP contribution is -2.34. The Bertz CT molecular complexity index is 314. The average molecular weight is 222 g/mol. The molecule has 0 aliphatic heterocycles. The third kappa shape index (κ3) is 4.79. The first-order chi connectivity index (χ1) is 7.72. The van der Waals surface area contributed by atoms with E-state index in [1.165, 1.54) is 0 Å². The van der Waals surface area contributed by atoms with Gasteiger partial charge in [0.15, 0.2) is 0 Å². The number of hydrogen-bond acceptors (Lipinski definition) is 3. The molecule has 0 bridgehead atoms. The van der Waals surface area contributed by atoms with Crippen LogP contribution in [-0.4, -0.2) is 37.7 Å². The lowest BCUT2D eigenvalue weighted by atomic mass is 10.3. The Kier molecular flexibility index (Phi) is 5.36. The minimum atomic E-state index is -0.407. The molecule has 0 fully saturated rings. The summed E-state index contributed by atoms with van der Waals surface area (Å²) < 4.78 is 5.06. The van der Waals surface area contributed by atoms with Crippen LogP contribution in [0.4, 0.5) is 4.79 Å². The molecule has 0 heterocycles. The van der Waals surface area contributed by atoms with E-state index >= 15 is 0 Å². The number of carbonyl (C=O) groups is 1. The number of amides is 1. The topological polar surface area (TPSA) is 41.6 Å². The summed E-state index contributed by atoms with van der Waals surface area (Å²) in [5.41, 5.74) is 0. The molecule has 16 heavy (non-hydrogen) atoms. The van der Waals surface area contributed by atoms with Crippen molar-refractivity contribution in [3.63, 3.8) is 0 Å². The van der Waals surface area contributed by atoms with Crippen molar-refractivity contribution in [3.8, 4) is 5.75 Å². The quantitative estimate of drug-likeness (QED) is 0.825. The third-order valence-electron chi connectivity index (χ3n) is 2.26. The molecular weight excluding hydrogens is 204 g/mol. The fraction of sp³-hybridized carbons (Fsp3) is 0.417. The minimum absolute atomic E-state index is 0.407. The second kappa shape index (κ2) is 6.85. The summed E-state index contributed by atoms with van der Waals surface area (Å²) in [7, 11) is 2.00. The molecule has 0 radical (unpaired) electrons. The number of para-hydroxylation sites is 1. The van der Waals surface area contributed by atoms with Crippen molar-refractivity contribution in [1.29, 1.82) is 0 Å². The number of carbonyl (C=O) groups excluding carboxylic acids is 1. The molecule has 0 saturated heterocycles. The zero-order chi connectivity index (χ0) is 11.8. The molecule has 0 spiro atoms. The average Bonchev–Trinajstić information content (AvgIpc) is 2.30. The molecule has 0 aliphatic rings. The summed E-state index contributed by atoms with van der Waals surface area (Å²) >= 11 is 0. The smallest absolute Gasteiger partial charge is 0.410 e. The van der Waals surface area contributed by atoms with Gasteiger partial charge in [-0.2, -0.15) is 0 Å². The van der Waals surface area contributed by atoms with E-state index in [2.05, 4.69) is 17.1 Å². The number of ether oxygens (including phenoxy) is 1. The monoisotopic (exact) mass is 222 g/mol. The van der Waals surface area contributed by atoms with E-state index in [4.69, 9.17) is 4.74 Å².